The molecule has 0 atom stereocenters. The number of anilines is 1. The minimum Gasteiger partial charge on any atom is -0.368 e. The summed E-state index contributed by atoms with van der Waals surface area (Å²) < 4.78 is 0. The monoisotopic (exact) mass is 351 g/mol. The van der Waals surface area contributed by atoms with Gasteiger partial charge in [0.15, 0.2) is 5.78 Å². The highest BCUT2D eigenvalue weighted by atomic mass is 16.2. The Balaban J connectivity index is 1.51. The molecule has 0 radical (unpaired) electrons. The molecule has 1 aromatic carbocycles. The van der Waals surface area contributed by atoms with Crippen molar-refractivity contribution in [1.82, 2.24) is 9.88 Å². The zero-order valence-electron chi connectivity index (χ0n) is 15.4. The normalized spacial score (nSPS) is 14.4. The van der Waals surface area contributed by atoms with Crippen molar-refractivity contribution >= 4 is 17.4 Å². The Morgan fingerprint density at radius 3 is 2.46 bits per heavy atom. The lowest BCUT2D eigenvalue weighted by Gasteiger charge is -2.37. The molecule has 0 aliphatic carbocycles. The van der Waals surface area contributed by atoms with Gasteiger partial charge in [-0.3, -0.25) is 14.6 Å². The number of benzene rings is 1. The van der Waals surface area contributed by atoms with Crippen LogP contribution in [0.4, 0.5) is 5.69 Å². The molecule has 3 rings (SSSR count). The summed E-state index contributed by atoms with van der Waals surface area (Å²) in [5, 5.41) is 0. The maximum absolute atomic E-state index is 12.4. The fraction of sp³-hybridized carbons (Fsp3) is 0.381. The molecular weight excluding hydrogens is 326 g/mol. The number of amides is 1. The molecule has 1 aliphatic rings. The lowest BCUT2D eigenvalue weighted by atomic mass is 10.1. The van der Waals surface area contributed by atoms with Gasteiger partial charge < -0.3 is 9.80 Å². The number of piperazine rings is 1. The van der Waals surface area contributed by atoms with Crippen LogP contribution in [0.25, 0.3) is 0 Å². The van der Waals surface area contributed by atoms with E-state index in [0.29, 0.717) is 18.7 Å². The summed E-state index contributed by atoms with van der Waals surface area (Å²) in [6, 6.07) is 9.83. The number of hydrogen-bond acceptors (Lipinski definition) is 4. The van der Waals surface area contributed by atoms with Crippen LogP contribution in [0.3, 0.4) is 0 Å². The topological polar surface area (TPSA) is 53.5 Å². The highest BCUT2D eigenvalue weighted by molar-refractivity contribution is 5.97. The van der Waals surface area contributed by atoms with Crippen molar-refractivity contribution in [2.24, 2.45) is 0 Å². The van der Waals surface area contributed by atoms with Gasteiger partial charge in [0.05, 0.1) is 0 Å². The number of ketones is 1. The van der Waals surface area contributed by atoms with Crippen LogP contribution >= 0.6 is 0 Å². The van der Waals surface area contributed by atoms with Gasteiger partial charge in [0.25, 0.3) is 0 Å². The maximum Gasteiger partial charge on any atom is 0.223 e. The van der Waals surface area contributed by atoms with Crippen molar-refractivity contribution in [2.45, 2.75) is 26.7 Å². The van der Waals surface area contributed by atoms with E-state index in [0.717, 1.165) is 13.1 Å². The molecule has 5 nitrogen and oxygen atoms in total. The minimum atomic E-state index is -0.0273. The molecule has 1 aliphatic heterocycles. The second kappa shape index (κ2) is 8.13. The van der Waals surface area contributed by atoms with E-state index in [2.05, 4.69) is 41.9 Å². The number of carbonyl (C=O) groups excluding carboxylic acids is 2. The molecule has 0 saturated carbocycles. The zero-order chi connectivity index (χ0) is 18.5. The number of hydrogen-bond donors (Lipinski definition) is 0. The van der Waals surface area contributed by atoms with Crippen molar-refractivity contribution in [2.75, 3.05) is 31.1 Å². The van der Waals surface area contributed by atoms with Crippen molar-refractivity contribution in [3.05, 3.63) is 59.4 Å². The summed E-state index contributed by atoms with van der Waals surface area (Å²) >= 11 is 0. The van der Waals surface area contributed by atoms with Crippen molar-refractivity contribution in [3.63, 3.8) is 0 Å². The van der Waals surface area contributed by atoms with E-state index in [9.17, 15) is 9.59 Å². The molecule has 26 heavy (non-hydrogen) atoms. The van der Waals surface area contributed by atoms with Gasteiger partial charge in [-0.15, -0.1) is 0 Å². The van der Waals surface area contributed by atoms with Crippen LogP contribution in [-0.4, -0.2) is 47.8 Å². The highest BCUT2D eigenvalue weighted by Gasteiger charge is 2.22. The van der Waals surface area contributed by atoms with Crippen LogP contribution in [0, 0.1) is 13.8 Å². The van der Waals surface area contributed by atoms with Gasteiger partial charge in [0.2, 0.25) is 5.91 Å². The number of Topliss-reactive ketones (excluding diaryl/α,β-unsaturated/α-hetero) is 1. The van der Waals surface area contributed by atoms with E-state index >= 15 is 0 Å². The lowest BCUT2D eigenvalue weighted by molar-refractivity contribution is -0.131. The van der Waals surface area contributed by atoms with E-state index < -0.39 is 0 Å². The number of aryl methyl sites for hydroxylation is 1. The van der Waals surface area contributed by atoms with Gasteiger partial charge in [-0.2, -0.15) is 0 Å². The predicted molar refractivity (Wildman–Crippen MR) is 103 cm³/mol. The van der Waals surface area contributed by atoms with Crippen molar-refractivity contribution in [1.29, 1.82) is 0 Å². The standard InChI is InChI=1S/C21H25N3O2/c1-16-5-3-7-19(17(16)2)23-11-13-24(14-12-23)21(26)9-8-20(25)18-6-4-10-22-15-18/h3-7,10,15H,8-9,11-14H2,1-2H3. The molecule has 2 aromatic rings. The zero-order valence-corrected chi connectivity index (χ0v) is 15.4. The number of aromatic nitrogens is 1. The molecule has 1 saturated heterocycles. The van der Waals surface area contributed by atoms with Crippen LogP contribution in [-0.2, 0) is 4.79 Å². The van der Waals surface area contributed by atoms with E-state index in [1.165, 1.54) is 16.8 Å². The Morgan fingerprint density at radius 2 is 1.77 bits per heavy atom. The van der Waals surface area contributed by atoms with Crippen LogP contribution < -0.4 is 4.90 Å². The fourth-order valence-corrected chi connectivity index (χ4v) is 3.33. The Kier molecular flexibility index (Phi) is 5.66. The van der Waals surface area contributed by atoms with Crippen molar-refractivity contribution < 1.29 is 9.59 Å². The second-order valence-corrected chi connectivity index (χ2v) is 6.75. The largest absolute Gasteiger partial charge is 0.368 e. The molecule has 1 aromatic heterocycles. The molecule has 5 heteroatoms. The van der Waals surface area contributed by atoms with Gasteiger partial charge in [-0.05, 0) is 43.2 Å². The predicted octanol–water partition coefficient (Wildman–Crippen LogP) is 3.01. The van der Waals surface area contributed by atoms with E-state index in [1.807, 2.05) is 4.90 Å². The van der Waals surface area contributed by atoms with Crippen LogP contribution in [0.2, 0.25) is 0 Å². The SMILES string of the molecule is Cc1cccc(N2CCN(C(=O)CCC(=O)c3cccnc3)CC2)c1C. The summed E-state index contributed by atoms with van der Waals surface area (Å²) in [6.07, 6.45) is 3.69. The van der Waals surface area contributed by atoms with E-state index in [-0.39, 0.29) is 24.5 Å². The molecule has 0 unspecified atom stereocenters. The average Bonchev–Trinajstić information content (AvgIpc) is 2.69. The van der Waals surface area contributed by atoms with Gasteiger partial charge in [0, 0.05) is 62.7 Å². The average molecular weight is 351 g/mol. The third kappa shape index (κ3) is 4.10. The molecule has 0 N–H and O–H groups in total. The van der Waals surface area contributed by atoms with E-state index in [4.69, 9.17) is 0 Å². The Labute approximate surface area is 154 Å². The number of pyridine rings is 1. The van der Waals surface area contributed by atoms with Crippen LogP contribution in [0.5, 0.6) is 0 Å². The van der Waals surface area contributed by atoms with Crippen LogP contribution in [0.15, 0.2) is 42.7 Å². The Morgan fingerprint density at radius 1 is 1.00 bits per heavy atom. The Hall–Kier alpha value is -2.69. The summed E-state index contributed by atoms with van der Waals surface area (Å²) in [7, 11) is 0. The summed E-state index contributed by atoms with van der Waals surface area (Å²) in [5.41, 5.74) is 4.41. The van der Waals surface area contributed by atoms with Crippen molar-refractivity contribution in [3.8, 4) is 0 Å². The molecule has 0 spiro atoms. The van der Waals surface area contributed by atoms with Crippen LogP contribution in [0.1, 0.15) is 34.3 Å². The smallest absolute Gasteiger partial charge is 0.223 e. The highest BCUT2D eigenvalue weighted by Crippen LogP contribution is 2.24. The number of rotatable bonds is 5. The summed E-state index contributed by atoms with van der Waals surface area (Å²) in [4.78, 5) is 32.7. The van der Waals surface area contributed by atoms with Gasteiger partial charge in [-0.25, -0.2) is 0 Å². The quantitative estimate of drug-likeness (QED) is 0.777. The fourth-order valence-electron chi connectivity index (χ4n) is 3.33. The summed E-state index contributed by atoms with van der Waals surface area (Å²) in [5.74, 6) is 0.0309. The minimum absolute atomic E-state index is 0.0273. The molecule has 136 valence electrons. The number of nitrogens with zero attached hydrogens (tertiary/aromatic N) is 3. The molecular formula is C21H25N3O2. The third-order valence-corrected chi connectivity index (χ3v) is 5.10. The van der Waals surface area contributed by atoms with Gasteiger partial charge >= 0.3 is 0 Å². The lowest BCUT2D eigenvalue weighted by Crippen LogP contribution is -2.49. The molecule has 1 amide bonds. The molecule has 2 heterocycles. The first kappa shape index (κ1) is 18.1. The molecule has 1 fully saturated rings. The first-order chi connectivity index (χ1) is 12.6. The first-order valence-corrected chi connectivity index (χ1v) is 9.08. The number of carbonyl (C=O) groups is 2. The maximum atomic E-state index is 12.4. The van der Waals surface area contributed by atoms with Gasteiger partial charge in [0.1, 0.15) is 0 Å². The summed E-state index contributed by atoms with van der Waals surface area (Å²) in [6.45, 7) is 7.32. The molecule has 0 bridgehead atoms. The second-order valence-electron chi connectivity index (χ2n) is 6.75. The van der Waals surface area contributed by atoms with E-state index in [1.54, 1.807) is 24.5 Å². The Bertz CT molecular complexity index is 781. The third-order valence-electron chi connectivity index (χ3n) is 5.10. The first-order valence-electron chi connectivity index (χ1n) is 9.08. The van der Waals surface area contributed by atoms with Gasteiger partial charge in [-0.1, -0.05) is 12.1 Å².